The molecule has 1 aliphatic heterocycles. The number of carbonyl (C=O) groups is 1. The Labute approximate surface area is 103 Å². The molecule has 0 spiro atoms. The molecule has 17 heavy (non-hydrogen) atoms. The largest absolute Gasteiger partial charge is 0.380 e. The standard InChI is InChI=1S/C12H25N3O2/c1-12(14,11(13)16)5-2-3-6-15-7-4-9-17-10-8-15/h2-10,14H2,1H3,(H2,13,16). The third-order valence-corrected chi connectivity index (χ3v) is 3.30. The summed E-state index contributed by atoms with van der Waals surface area (Å²) in [5, 5.41) is 0. The minimum Gasteiger partial charge on any atom is -0.380 e. The highest BCUT2D eigenvalue weighted by Crippen LogP contribution is 2.11. The van der Waals surface area contributed by atoms with Crippen LogP contribution >= 0.6 is 0 Å². The van der Waals surface area contributed by atoms with Crippen LogP contribution in [0.3, 0.4) is 0 Å². The zero-order chi connectivity index (χ0) is 12.7. The normalized spacial score (nSPS) is 21.8. The molecule has 5 nitrogen and oxygen atoms in total. The van der Waals surface area contributed by atoms with Crippen molar-refractivity contribution in [2.75, 3.05) is 32.8 Å². The Bertz CT molecular complexity index is 236. The van der Waals surface area contributed by atoms with Gasteiger partial charge in [0.25, 0.3) is 0 Å². The number of hydrogen-bond donors (Lipinski definition) is 2. The van der Waals surface area contributed by atoms with Gasteiger partial charge < -0.3 is 21.1 Å². The monoisotopic (exact) mass is 243 g/mol. The number of nitrogens with two attached hydrogens (primary N) is 2. The Balaban J connectivity index is 2.12. The van der Waals surface area contributed by atoms with E-state index in [0.29, 0.717) is 6.42 Å². The van der Waals surface area contributed by atoms with Crippen molar-refractivity contribution in [3.05, 3.63) is 0 Å². The lowest BCUT2D eigenvalue weighted by Crippen LogP contribution is -2.49. The molecule has 0 aromatic heterocycles. The summed E-state index contributed by atoms with van der Waals surface area (Å²) in [7, 11) is 0. The highest BCUT2D eigenvalue weighted by atomic mass is 16.5. The maximum absolute atomic E-state index is 11.0. The molecule has 1 aliphatic rings. The fourth-order valence-corrected chi connectivity index (χ4v) is 1.97. The number of hydrogen-bond acceptors (Lipinski definition) is 4. The molecule has 1 fully saturated rings. The first-order chi connectivity index (χ1) is 8.02. The molecular formula is C12H25N3O2. The van der Waals surface area contributed by atoms with Gasteiger partial charge in [0, 0.05) is 19.7 Å². The van der Waals surface area contributed by atoms with Gasteiger partial charge in [0.1, 0.15) is 0 Å². The van der Waals surface area contributed by atoms with Gasteiger partial charge in [-0.1, -0.05) is 0 Å². The third-order valence-electron chi connectivity index (χ3n) is 3.30. The van der Waals surface area contributed by atoms with Crippen molar-refractivity contribution in [3.8, 4) is 0 Å². The molecule has 0 aromatic rings. The highest BCUT2D eigenvalue weighted by Gasteiger charge is 2.24. The second-order valence-electron chi connectivity index (χ2n) is 5.05. The van der Waals surface area contributed by atoms with E-state index in [1.807, 2.05) is 0 Å². The van der Waals surface area contributed by atoms with Crippen LogP contribution in [-0.2, 0) is 9.53 Å². The van der Waals surface area contributed by atoms with Crippen molar-refractivity contribution < 1.29 is 9.53 Å². The van der Waals surface area contributed by atoms with Crippen molar-refractivity contribution >= 4 is 5.91 Å². The zero-order valence-electron chi connectivity index (χ0n) is 10.8. The molecular weight excluding hydrogens is 218 g/mol. The fraction of sp³-hybridized carbons (Fsp3) is 0.917. The Hall–Kier alpha value is -0.650. The predicted octanol–water partition coefficient (Wildman–Crippen LogP) is 0.0817. The summed E-state index contributed by atoms with van der Waals surface area (Å²) in [6.45, 7) is 6.58. The Morgan fingerprint density at radius 3 is 2.82 bits per heavy atom. The molecule has 0 radical (unpaired) electrons. The Morgan fingerprint density at radius 1 is 1.35 bits per heavy atom. The molecule has 1 unspecified atom stereocenters. The second-order valence-corrected chi connectivity index (χ2v) is 5.05. The van der Waals surface area contributed by atoms with E-state index in [1.165, 1.54) is 0 Å². The van der Waals surface area contributed by atoms with Crippen LogP contribution in [0.4, 0.5) is 0 Å². The van der Waals surface area contributed by atoms with Crippen LogP contribution in [0.25, 0.3) is 0 Å². The summed E-state index contributed by atoms with van der Waals surface area (Å²) in [5.74, 6) is -0.416. The van der Waals surface area contributed by atoms with Gasteiger partial charge in [-0.15, -0.1) is 0 Å². The first-order valence-corrected chi connectivity index (χ1v) is 6.41. The molecule has 0 saturated carbocycles. The average Bonchev–Trinajstić information content (AvgIpc) is 2.52. The summed E-state index contributed by atoms with van der Waals surface area (Å²) >= 11 is 0. The van der Waals surface area contributed by atoms with E-state index in [4.69, 9.17) is 16.2 Å². The lowest BCUT2D eigenvalue weighted by Gasteiger charge is -2.22. The first kappa shape index (κ1) is 14.4. The molecule has 1 heterocycles. The fourth-order valence-electron chi connectivity index (χ4n) is 1.97. The zero-order valence-corrected chi connectivity index (χ0v) is 10.8. The van der Waals surface area contributed by atoms with Crippen molar-refractivity contribution in [1.82, 2.24) is 4.90 Å². The molecule has 1 atom stereocenters. The van der Waals surface area contributed by atoms with Crippen LogP contribution < -0.4 is 11.5 Å². The topological polar surface area (TPSA) is 81.6 Å². The van der Waals surface area contributed by atoms with Crippen molar-refractivity contribution in [1.29, 1.82) is 0 Å². The number of ether oxygens (including phenoxy) is 1. The third kappa shape index (κ3) is 5.48. The maximum atomic E-state index is 11.0. The number of carbonyl (C=O) groups excluding carboxylic acids is 1. The van der Waals surface area contributed by atoms with E-state index in [9.17, 15) is 4.79 Å². The lowest BCUT2D eigenvalue weighted by atomic mass is 9.95. The van der Waals surface area contributed by atoms with Gasteiger partial charge >= 0.3 is 0 Å². The van der Waals surface area contributed by atoms with Crippen LogP contribution in [0.15, 0.2) is 0 Å². The number of primary amides is 1. The summed E-state index contributed by atoms with van der Waals surface area (Å²) in [4.78, 5) is 13.4. The van der Waals surface area contributed by atoms with E-state index < -0.39 is 11.4 Å². The number of nitrogens with zero attached hydrogens (tertiary/aromatic N) is 1. The number of unbranched alkanes of at least 4 members (excludes halogenated alkanes) is 1. The highest BCUT2D eigenvalue weighted by molar-refractivity contribution is 5.83. The number of amides is 1. The molecule has 1 amide bonds. The molecule has 1 rings (SSSR count). The van der Waals surface area contributed by atoms with Gasteiger partial charge in [-0.05, 0) is 39.2 Å². The van der Waals surface area contributed by atoms with Gasteiger partial charge in [-0.2, -0.15) is 0 Å². The van der Waals surface area contributed by atoms with Crippen LogP contribution in [0.5, 0.6) is 0 Å². The quantitative estimate of drug-likeness (QED) is 0.647. The SMILES string of the molecule is CC(N)(CCCCN1CCCOCC1)C(N)=O. The molecule has 5 heteroatoms. The van der Waals surface area contributed by atoms with Gasteiger partial charge in [-0.3, -0.25) is 4.79 Å². The van der Waals surface area contributed by atoms with E-state index in [-0.39, 0.29) is 0 Å². The molecule has 0 aliphatic carbocycles. The maximum Gasteiger partial charge on any atom is 0.237 e. The summed E-state index contributed by atoms with van der Waals surface area (Å²) in [5.41, 5.74) is 10.2. The van der Waals surface area contributed by atoms with Crippen molar-refractivity contribution in [2.45, 2.75) is 38.1 Å². The lowest BCUT2D eigenvalue weighted by molar-refractivity contribution is -0.122. The first-order valence-electron chi connectivity index (χ1n) is 6.41. The van der Waals surface area contributed by atoms with Crippen molar-refractivity contribution in [3.63, 3.8) is 0 Å². The summed E-state index contributed by atoms with van der Waals surface area (Å²) < 4.78 is 5.39. The summed E-state index contributed by atoms with van der Waals surface area (Å²) in [6, 6.07) is 0. The van der Waals surface area contributed by atoms with E-state index in [2.05, 4.69) is 4.90 Å². The Kier molecular flexibility index (Phi) is 5.88. The van der Waals surface area contributed by atoms with Gasteiger partial charge in [-0.25, -0.2) is 0 Å². The molecule has 0 aromatic carbocycles. The predicted molar refractivity (Wildman–Crippen MR) is 67.5 cm³/mol. The van der Waals surface area contributed by atoms with E-state index >= 15 is 0 Å². The minimum absolute atomic E-state index is 0.416. The van der Waals surface area contributed by atoms with Gasteiger partial charge in [0.05, 0.1) is 12.1 Å². The van der Waals surface area contributed by atoms with Crippen LogP contribution in [0.1, 0.15) is 32.6 Å². The van der Waals surface area contributed by atoms with Crippen molar-refractivity contribution in [2.24, 2.45) is 11.5 Å². The number of rotatable bonds is 6. The Morgan fingerprint density at radius 2 is 2.12 bits per heavy atom. The van der Waals surface area contributed by atoms with Crippen LogP contribution in [-0.4, -0.2) is 49.2 Å². The smallest absolute Gasteiger partial charge is 0.237 e. The van der Waals surface area contributed by atoms with E-state index in [1.54, 1.807) is 6.92 Å². The van der Waals surface area contributed by atoms with Crippen LogP contribution in [0.2, 0.25) is 0 Å². The summed E-state index contributed by atoms with van der Waals surface area (Å²) in [6.07, 6.45) is 3.76. The van der Waals surface area contributed by atoms with Crippen LogP contribution in [0, 0.1) is 0 Å². The van der Waals surface area contributed by atoms with Gasteiger partial charge in [0.2, 0.25) is 5.91 Å². The molecule has 0 bridgehead atoms. The van der Waals surface area contributed by atoms with E-state index in [0.717, 1.165) is 52.1 Å². The molecule has 4 N–H and O–H groups in total. The molecule has 100 valence electrons. The average molecular weight is 243 g/mol. The van der Waals surface area contributed by atoms with Gasteiger partial charge in [0.15, 0.2) is 0 Å². The second kappa shape index (κ2) is 6.93. The molecule has 1 saturated heterocycles. The minimum atomic E-state index is -0.859.